The molecule has 0 bridgehead atoms. The van der Waals surface area contributed by atoms with Gasteiger partial charge in [0.05, 0.1) is 42.7 Å². The van der Waals surface area contributed by atoms with Gasteiger partial charge in [-0.25, -0.2) is 0 Å². The fourth-order valence-electron chi connectivity index (χ4n) is 7.07. The molecule has 2 rings (SSSR count). The van der Waals surface area contributed by atoms with Gasteiger partial charge in [0.15, 0.2) is 0 Å². The molecule has 2 heterocycles. The number of hydrogen-bond donors (Lipinski definition) is 3. The highest BCUT2D eigenvalue weighted by Crippen LogP contribution is 2.29. The zero-order chi connectivity index (χ0) is 36.8. The summed E-state index contributed by atoms with van der Waals surface area (Å²) in [5, 5.41) is 9.05. The molecule has 0 saturated carbocycles. The van der Waals surface area contributed by atoms with Gasteiger partial charge < -0.3 is 35.2 Å². The zero-order valence-corrected chi connectivity index (χ0v) is 31.8. The number of carbonyl (C=O) groups is 4. The summed E-state index contributed by atoms with van der Waals surface area (Å²) in [4.78, 5) is 62.3. The molecule has 0 spiro atoms. The second kappa shape index (κ2) is 20.6. The Hall–Kier alpha value is -3.09. The highest BCUT2D eigenvalue weighted by molar-refractivity contribution is 5.90. The monoisotopic (exact) mass is 688 g/mol. The summed E-state index contributed by atoms with van der Waals surface area (Å²) in [6.45, 7) is 14.7. The lowest BCUT2D eigenvalue weighted by molar-refractivity contribution is -0.147. The smallest absolute Gasteiger partial charge is 0.245 e. The van der Waals surface area contributed by atoms with Gasteiger partial charge in [-0.3, -0.25) is 24.2 Å². The molecule has 8 atom stereocenters. The number of likely N-dealkylation sites (tertiary alicyclic amines) is 1. The molecule has 12 heteroatoms. The van der Waals surface area contributed by atoms with Crippen LogP contribution in [0.4, 0.5) is 0 Å². The van der Waals surface area contributed by atoms with Gasteiger partial charge in [0.1, 0.15) is 6.04 Å². The Kier molecular flexibility index (Phi) is 17.6. The number of likely N-dealkylation sites (N-methyl/N-ethyl adjacent to an activating group) is 2. The van der Waals surface area contributed by atoms with Gasteiger partial charge in [-0.15, -0.1) is 0 Å². The van der Waals surface area contributed by atoms with Crippen molar-refractivity contribution in [2.75, 3.05) is 41.4 Å². The number of rotatable bonds is 20. The molecule has 0 aromatic carbocycles. The third kappa shape index (κ3) is 11.5. The number of nitrogens with zero attached hydrogens (tertiary/aromatic N) is 3. The van der Waals surface area contributed by atoms with Crippen molar-refractivity contribution in [2.45, 2.75) is 117 Å². The number of ether oxygens (including phenoxy) is 2. The van der Waals surface area contributed by atoms with E-state index in [0.717, 1.165) is 25.0 Å². The van der Waals surface area contributed by atoms with Gasteiger partial charge in [0.2, 0.25) is 23.6 Å². The summed E-state index contributed by atoms with van der Waals surface area (Å²) in [5.74, 6) is -1.26. The maximum absolute atomic E-state index is 14.1. The Morgan fingerprint density at radius 1 is 1.00 bits per heavy atom. The van der Waals surface area contributed by atoms with Gasteiger partial charge in [-0.2, -0.15) is 0 Å². The number of amides is 4. The predicted octanol–water partition coefficient (Wildman–Crippen LogP) is 3.05. The second-order valence-corrected chi connectivity index (χ2v) is 14.2. The molecule has 49 heavy (non-hydrogen) atoms. The van der Waals surface area contributed by atoms with Crippen molar-refractivity contribution in [1.82, 2.24) is 30.7 Å². The summed E-state index contributed by atoms with van der Waals surface area (Å²) in [5.41, 5.74) is 0.903. The van der Waals surface area contributed by atoms with Gasteiger partial charge in [-0.05, 0) is 49.8 Å². The minimum absolute atomic E-state index is 0.00633. The summed E-state index contributed by atoms with van der Waals surface area (Å²) in [6.07, 6.45) is 3.63. The van der Waals surface area contributed by atoms with Gasteiger partial charge in [0, 0.05) is 52.7 Å². The van der Waals surface area contributed by atoms with Crippen LogP contribution in [-0.2, 0) is 35.1 Å². The normalized spacial score (nSPS) is 19.1. The third-order valence-electron chi connectivity index (χ3n) is 10.2. The quantitative estimate of drug-likeness (QED) is 0.190. The van der Waals surface area contributed by atoms with E-state index in [1.807, 2.05) is 57.7 Å². The van der Waals surface area contributed by atoms with E-state index in [4.69, 9.17) is 9.47 Å². The Balaban J connectivity index is 2.20. The van der Waals surface area contributed by atoms with Crippen molar-refractivity contribution in [3.63, 3.8) is 0 Å². The molecule has 1 aromatic rings. The Bertz CT molecular complexity index is 1180. The summed E-state index contributed by atoms with van der Waals surface area (Å²) < 4.78 is 11.9. The van der Waals surface area contributed by atoms with Gasteiger partial charge in [0.25, 0.3) is 0 Å². The average Bonchev–Trinajstić information content (AvgIpc) is 3.56. The van der Waals surface area contributed by atoms with E-state index in [9.17, 15) is 19.2 Å². The number of nitrogens with one attached hydrogen (secondary N) is 3. The first-order valence-electron chi connectivity index (χ1n) is 18.0. The molecule has 0 unspecified atom stereocenters. The number of hydrogen-bond acceptors (Lipinski definition) is 8. The van der Waals surface area contributed by atoms with Crippen molar-refractivity contribution in [2.24, 2.45) is 23.7 Å². The van der Waals surface area contributed by atoms with Crippen LogP contribution in [0.2, 0.25) is 0 Å². The standard InChI is InChI=1S/C37H64N6O6/c1-12-25(6)33(42(9)37(47)32(24(4)5)41-36(46)31(38-8)23(2)3)29(48-10)22-30(44)43-21-15-17-28(43)34(49-11)26(7)35(45)40-20-18-27-16-13-14-19-39-27/h13-14,16,19,23-26,28-29,31-34,38H,12,15,17-18,20-22H2,1-11H3,(H,40,45)(H,41,46)/t25-,26+,28-,29-,31-,32-,33-,34+/m0/s1. The SMILES string of the molecule is CC[C@H](C)[C@@H]([C@H](CC(=O)N1CCC[C@H]1[C@H](OC)[C@@H](C)C(=O)NCCc1ccccn1)OC)N(C)C(=O)[C@@H](NC(=O)[C@@H](NC)C(C)C)C(C)C. The van der Waals surface area contributed by atoms with Crippen LogP contribution < -0.4 is 16.0 Å². The van der Waals surface area contributed by atoms with Crippen LogP contribution in [0, 0.1) is 23.7 Å². The van der Waals surface area contributed by atoms with Crippen LogP contribution in [0.25, 0.3) is 0 Å². The van der Waals surface area contributed by atoms with Crippen LogP contribution in [0.1, 0.15) is 79.8 Å². The lowest BCUT2D eigenvalue weighted by Crippen LogP contribution is -2.59. The first-order chi connectivity index (χ1) is 23.2. The lowest BCUT2D eigenvalue weighted by Gasteiger charge is -2.41. The molecule has 1 saturated heterocycles. The molecular weight excluding hydrogens is 624 g/mol. The van der Waals surface area contributed by atoms with Crippen LogP contribution in [0.3, 0.4) is 0 Å². The topological polar surface area (TPSA) is 142 Å². The summed E-state index contributed by atoms with van der Waals surface area (Å²) >= 11 is 0. The fourth-order valence-corrected chi connectivity index (χ4v) is 7.07. The molecule has 1 fully saturated rings. The Labute approximate surface area is 294 Å². The maximum Gasteiger partial charge on any atom is 0.245 e. The molecule has 1 aliphatic heterocycles. The fraction of sp³-hybridized carbons (Fsp3) is 0.757. The molecule has 0 radical (unpaired) electrons. The maximum atomic E-state index is 14.1. The van der Waals surface area contributed by atoms with E-state index in [1.165, 1.54) is 0 Å². The van der Waals surface area contributed by atoms with Crippen molar-refractivity contribution in [3.05, 3.63) is 30.1 Å². The predicted molar refractivity (Wildman–Crippen MR) is 192 cm³/mol. The zero-order valence-electron chi connectivity index (χ0n) is 31.8. The highest BCUT2D eigenvalue weighted by Gasteiger charge is 2.43. The van der Waals surface area contributed by atoms with E-state index in [2.05, 4.69) is 34.8 Å². The Morgan fingerprint density at radius 2 is 1.67 bits per heavy atom. The van der Waals surface area contributed by atoms with E-state index < -0.39 is 36.3 Å². The average molecular weight is 689 g/mol. The second-order valence-electron chi connectivity index (χ2n) is 14.2. The van der Waals surface area contributed by atoms with Gasteiger partial charge >= 0.3 is 0 Å². The van der Waals surface area contributed by atoms with E-state index in [0.29, 0.717) is 19.5 Å². The van der Waals surface area contributed by atoms with Crippen molar-refractivity contribution in [3.8, 4) is 0 Å². The molecular formula is C37H64N6O6. The first kappa shape index (κ1) is 42.1. The van der Waals surface area contributed by atoms with E-state index in [1.54, 1.807) is 39.4 Å². The molecule has 0 aliphatic carbocycles. The summed E-state index contributed by atoms with van der Waals surface area (Å²) in [7, 11) is 6.64. The molecule has 3 N–H and O–H groups in total. The molecule has 1 aliphatic rings. The minimum Gasteiger partial charge on any atom is -0.379 e. The van der Waals surface area contributed by atoms with Crippen LogP contribution in [-0.4, -0.2) is 116 Å². The van der Waals surface area contributed by atoms with Crippen LogP contribution in [0.5, 0.6) is 0 Å². The van der Waals surface area contributed by atoms with Crippen molar-refractivity contribution < 1.29 is 28.7 Å². The van der Waals surface area contributed by atoms with Crippen LogP contribution in [0.15, 0.2) is 24.4 Å². The number of carbonyl (C=O) groups excluding carboxylic acids is 4. The van der Waals surface area contributed by atoms with Crippen molar-refractivity contribution in [1.29, 1.82) is 0 Å². The largest absolute Gasteiger partial charge is 0.379 e. The molecule has 4 amide bonds. The number of methoxy groups -OCH3 is 2. The van der Waals surface area contributed by atoms with Gasteiger partial charge in [-0.1, -0.05) is 61.0 Å². The highest BCUT2D eigenvalue weighted by atomic mass is 16.5. The van der Waals surface area contributed by atoms with E-state index in [-0.39, 0.29) is 53.8 Å². The van der Waals surface area contributed by atoms with E-state index >= 15 is 0 Å². The number of aromatic nitrogens is 1. The third-order valence-corrected chi connectivity index (χ3v) is 10.2. The van der Waals surface area contributed by atoms with Crippen molar-refractivity contribution >= 4 is 23.6 Å². The number of pyridine rings is 1. The molecule has 12 nitrogen and oxygen atoms in total. The van der Waals surface area contributed by atoms with Crippen LogP contribution >= 0.6 is 0 Å². The Morgan fingerprint density at radius 3 is 2.20 bits per heavy atom. The first-order valence-corrected chi connectivity index (χ1v) is 18.0. The molecule has 278 valence electrons. The lowest BCUT2D eigenvalue weighted by atomic mass is 9.89. The summed E-state index contributed by atoms with van der Waals surface area (Å²) in [6, 6.07) is 3.85. The molecule has 1 aromatic heterocycles. The minimum atomic E-state index is -0.742.